The lowest BCUT2D eigenvalue weighted by atomic mass is 10.0. The minimum atomic E-state index is -0.0145. The number of fused-ring (bicyclic) bond motifs is 1. The van der Waals surface area contributed by atoms with E-state index in [1.165, 1.54) is 18.4 Å². The Morgan fingerprint density at radius 1 is 1.19 bits per heavy atom. The first kappa shape index (κ1) is 22.5. The fourth-order valence-corrected chi connectivity index (χ4v) is 4.64. The van der Waals surface area contributed by atoms with Crippen LogP contribution < -0.4 is 0 Å². The Morgan fingerprint density at radius 3 is 2.78 bits per heavy atom. The van der Waals surface area contributed by atoms with Gasteiger partial charge in [-0.3, -0.25) is 9.69 Å². The number of amides is 1. The number of likely N-dealkylation sites (N-methyl/N-ethyl adjacent to an activating group) is 1. The van der Waals surface area contributed by atoms with E-state index in [1.807, 2.05) is 50.5 Å². The second kappa shape index (κ2) is 10.3. The molecule has 4 rings (SSSR count). The lowest BCUT2D eigenvalue weighted by Gasteiger charge is -2.35. The molecule has 170 valence electrons. The molecule has 0 bridgehead atoms. The number of piperidine rings is 1. The molecule has 1 saturated heterocycles. The first-order chi connectivity index (χ1) is 15.6. The second-order valence-corrected chi connectivity index (χ2v) is 8.83. The molecule has 1 aromatic carbocycles. The number of hydrogen-bond acceptors (Lipinski definition) is 4. The molecule has 32 heavy (non-hydrogen) atoms. The Balaban J connectivity index is 1.61. The van der Waals surface area contributed by atoms with Gasteiger partial charge in [0.2, 0.25) is 0 Å². The van der Waals surface area contributed by atoms with Gasteiger partial charge in [-0.25, -0.2) is 4.98 Å². The maximum absolute atomic E-state index is 13.5. The van der Waals surface area contributed by atoms with Crippen LogP contribution in [0.5, 0.6) is 0 Å². The van der Waals surface area contributed by atoms with Crippen molar-refractivity contribution >= 4 is 11.6 Å². The van der Waals surface area contributed by atoms with Gasteiger partial charge in [0.25, 0.3) is 5.91 Å². The number of likely N-dealkylation sites (tertiary alicyclic amines) is 1. The average molecular weight is 435 g/mol. The number of aryl methyl sites for hydroxylation is 1. The summed E-state index contributed by atoms with van der Waals surface area (Å²) in [4.78, 5) is 22.6. The van der Waals surface area contributed by atoms with Crippen molar-refractivity contribution in [3.63, 3.8) is 0 Å². The van der Waals surface area contributed by atoms with Gasteiger partial charge in [0.1, 0.15) is 5.65 Å². The van der Waals surface area contributed by atoms with Crippen LogP contribution in [-0.4, -0.2) is 65.0 Å². The lowest BCUT2D eigenvalue weighted by molar-refractivity contribution is 0.0584. The number of imidazole rings is 1. The molecule has 1 unspecified atom stereocenters. The normalized spacial score (nSPS) is 17.0. The quantitative estimate of drug-likeness (QED) is 0.539. The van der Waals surface area contributed by atoms with Crippen LogP contribution in [0, 0.1) is 6.92 Å². The van der Waals surface area contributed by atoms with Gasteiger partial charge in [-0.2, -0.15) is 0 Å². The molecule has 6 heteroatoms. The van der Waals surface area contributed by atoms with E-state index >= 15 is 0 Å². The van der Waals surface area contributed by atoms with Crippen molar-refractivity contribution < 1.29 is 9.53 Å². The number of aromatic nitrogens is 2. The number of benzene rings is 1. The highest BCUT2D eigenvalue weighted by Gasteiger charge is 2.28. The van der Waals surface area contributed by atoms with Gasteiger partial charge in [-0.05, 0) is 49.9 Å². The lowest BCUT2D eigenvalue weighted by Crippen LogP contribution is -2.42. The number of carbonyl (C=O) groups excluding carboxylic acids is 1. The third kappa shape index (κ3) is 4.87. The van der Waals surface area contributed by atoms with E-state index in [4.69, 9.17) is 9.72 Å². The summed E-state index contributed by atoms with van der Waals surface area (Å²) in [5, 5.41) is 0. The Morgan fingerprint density at radius 2 is 2.00 bits per heavy atom. The minimum Gasteiger partial charge on any atom is -0.383 e. The third-order valence-electron chi connectivity index (χ3n) is 6.53. The number of ether oxygens (including phenoxy) is 1. The van der Waals surface area contributed by atoms with Gasteiger partial charge in [-0.15, -0.1) is 0 Å². The Kier molecular flexibility index (Phi) is 7.22. The Hall–Kier alpha value is -2.70. The fourth-order valence-electron chi connectivity index (χ4n) is 4.64. The summed E-state index contributed by atoms with van der Waals surface area (Å²) < 4.78 is 7.59. The van der Waals surface area contributed by atoms with Gasteiger partial charge in [-0.1, -0.05) is 42.8 Å². The van der Waals surface area contributed by atoms with Crippen molar-refractivity contribution in [1.82, 2.24) is 19.2 Å². The van der Waals surface area contributed by atoms with Crippen molar-refractivity contribution in [2.45, 2.75) is 45.2 Å². The van der Waals surface area contributed by atoms with E-state index in [0.717, 1.165) is 42.9 Å². The van der Waals surface area contributed by atoms with Crippen LogP contribution in [0.1, 0.15) is 46.6 Å². The molecule has 3 aromatic rings. The maximum Gasteiger partial charge on any atom is 0.274 e. The molecule has 0 N–H and O–H groups in total. The van der Waals surface area contributed by atoms with Crippen LogP contribution >= 0.6 is 0 Å². The molecule has 1 aliphatic rings. The molecule has 2 aromatic heterocycles. The monoisotopic (exact) mass is 434 g/mol. The van der Waals surface area contributed by atoms with Crippen LogP contribution in [0.25, 0.3) is 5.65 Å². The molecular weight excluding hydrogens is 400 g/mol. The number of pyridine rings is 1. The van der Waals surface area contributed by atoms with Crippen LogP contribution in [0.15, 0.2) is 48.7 Å². The average Bonchev–Trinajstić information content (AvgIpc) is 3.19. The summed E-state index contributed by atoms with van der Waals surface area (Å²) in [6, 6.07) is 14.8. The Labute approximate surface area is 190 Å². The van der Waals surface area contributed by atoms with Gasteiger partial charge in [0, 0.05) is 39.5 Å². The van der Waals surface area contributed by atoms with Gasteiger partial charge in [0.15, 0.2) is 5.69 Å². The molecular formula is C26H34N4O2. The van der Waals surface area contributed by atoms with Crippen LogP contribution in [0.2, 0.25) is 0 Å². The molecule has 1 aliphatic heterocycles. The van der Waals surface area contributed by atoms with E-state index in [2.05, 4.69) is 21.4 Å². The molecule has 1 amide bonds. The van der Waals surface area contributed by atoms with Crippen molar-refractivity contribution in [2.75, 3.05) is 33.9 Å². The van der Waals surface area contributed by atoms with Crippen molar-refractivity contribution in [1.29, 1.82) is 0 Å². The van der Waals surface area contributed by atoms with Crippen molar-refractivity contribution in [2.24, 2.45) is 0 Å². The highest BCUT2D eigenvalue weighted by molar-refractivity contribution is 5.94. The van der Waals surface area contributed by atoms with Crippen molar-refractivity contribution in [3.8, 4) is 0 Å². The van der Waals surface area contributed by atoms with Crippen LogP contribution in [0.3, 0.4) is 0 Å². The summed E-state index contributed by atoms with van der Waals surface area (Å²) in [5.74, 6) is -0.0145. The zero-order valence-electron chi connectivity index (χ0n) is 19.5. The zero-order chi connectivity index (χ0) is 22.5. The predicted molar refractivity (Wildman–Crippen MR) is 127 cm³/mol. The summed E-state index contributed by atoms with van der Waals surface area (Å²) in [6.07, 6.45) is 6.39. The summed E-state index contributed by atoms with van der Waals surface area (Å²) in [6.45, 7) is 5.14. The molecule has 1 fully saturated rings. The molecule has 0 radical (unpaired) electrons. The maximum atomic E-state index is 13.5. The van der Waals surface area contributed by atoms with E-state index < -0.39 is 0 Å². The SMILES string of the molecule is COCC1CCCCN1Cc1c(C(=O)N(C)CCc2ccccc2)nc2c(C)cccn12. The van der Waals surface area contributed by atoms with Crippen LogP contribution in [-0.2, 0) is 17.7 Å². The summed E-state index contributed by atoms with van der Waals surface area (Å²) >= 11 is 0. The second-order valence-electron chi connectivity index (χ2n) is 8.83. The predicted octanol–water partition coefficient (Wildman–Crippen LogP) is 3.96. The number of carbonyl (C=O) groups is 1. The van der Waals surface area contributed by atoms with Gasteiger partial charge in [0.05, 0.1) is 12.3 Å². The first-order valence-corrected chi connectivity index (χ1v) is 11.6. The summed E-state index contributed by atoms with van der Waals surface area (Å²) in [7, 11) is 3.64. The molecule has 0 spiro atoms. The standard InChI is InChI=1S/C26H34N4O2/c1-20-10-9-16-30-23(18-29-15-8-7-13-22(29)19-32-3)24(27-25(20)30)26(31)28(2)17-14-21-11-5-4-6-12-21/h4-6,9-12,16,22H,7-8,13-15,17-19H2,1-3H3. The summed E-state index contributed by atoms with van der Waals surface area (Å²) in [5.41, 5.74) is 4.71. The zero-order valence-corrected chi connectivity index (χ0v) is 19.5. The largest absolute Gasteiger partial charge is 0.383 e. The number of nitrogens with zero attached hydrogens (tertiary/aromatic N) is 4. The fraction of sp³-hybridized carbons (Fsp3) is 0.462. The molecule has 1 atom stereocenters. The number of hydrogen-bond donors (Lipinski definition) is 0. The van der Waals surface area contributed by atoms with Gasteiger partial charge < -0.3 is 14.0 Å². The van der Waals surface area contributed by atoms with Gasteiger partial charge >= 0.3 is 0 Å². The molecule has 0 aliphatic carbocycles. The molecule has 0 saturated carbocycles. The third-order valence-corrected chi connectivity index (χ3v) is 6.53. The molecule has 3 heterocycles. The Bertz CT molecular complexity index is 1040. The van der Waals surface area contributed by atoms with E-state index in [-0.39, 0.29) is 5.91 Å². The highest BCUT2D eigenvalue weighted by Crippen LogP contribution is 2.24. The van der Waals surface area contributed by atoms with E-state index in [9.17, 15) is 4.79 Å². The molecule has 6 nitrogen and oxygen atoms in total. The first-order valence-electron chi connectivity index (χ1n) is 11.6. The topological polar surface area (TPSA) is 50.1 Å². The minimum absolute atomic E-state index is 0.0145. The highest BCUT2D eigenvalue weighted by atomic mass is 16.5. The van der Waals surface area contributed by atoms with Crippen LogP contribution in [0.4, 0.5) is 0 Å². The van der Waals surface area contributed by atoms with E-state index in [0.29, 0.717) is 24.8 Å². The number of methoxy groups -OCH3 is 1. The number of rotatable bonds is 8. The van der Waals surface area contributed by atoms with E-state index in [1.54, 1.807) is 12.0 Å². The van der Waals surface area contributed by atoms with Crippen molar-refractivity contribution in [3.05, 3.63) is 71.2 Å². The smallest absolute Gasteiger partial charge is 0.274 e.